The number of hydrogen-bond acceptors (Lipinski definition) is 6. The molecule has 0 fully saturated rings. The molecular formula is C26H37FN4O6. The van der Waals surface area contributed by atoms with Crippen LogP contribution in [0, 0.1) is 11.7 Å². The molecule has 0 aromatic heterocycles. The van der Waals surface area contributed by atoms with Crippen LogP contribution in [0.5, 0.6) is 17.2 Å². The first-order valence-electron chi connectivity index (χ1n) is 11.7. The Kier molecular flexibility index (Phi) is 13.3. The van der Waals surface area contributed by atoms with Gasteiger partial charge in [0.1, 0.15) is 0 Å². The van der Waals surface area contributed by atoms with E-state index in [1.54, 1.807) is 26.4 Å². The third-order valence-corrected chi connectivity index (χ3v) is 5.55. The van der Waals surface area contributed by atoms with Gasteiger partial charge >= 0.3 is 6.09 Å². The smallest absolute Gasteiger partial charge is 0.404 e. The molecule has 0 radical (unpaired) electrons. The summed E-state index contributed by atoms with van der Waals surface area (Å²) in [4.78, 5) is 26.5. The van der Waals surface area contributed by atoms with Crippen LogP contribution in [0.1, 0.15) is 38.3 Å². The van der Waals surface area contributed by atoms with Crippen LogP contribution in [0.4, 0.5) is 9.18 Å². The maximum absolute atomic E-state index is 12.9. The van der Waals surface area contributed by atoms with Crippen molar-refractivity contribution >= 4 is 18.0 Å². The summed E-state index contributed by atoms with van der Waals surface area (Å²) in [6.07, 6.45) is 0.0829. The number of amides is 2. The molecule has 0 aliphatic carbocycles. The number of benzene rings is 2. The Labute approximate surface area is 217 Å². The minimum absolute atomic E-state index is 0.0707. The average Bonchev–Trinajstić information content (AvgIpc) is 2.87. The van der Waals surface area contributed by atoms with Crippen molar-refractivity contribution in [3.05, 3.63) is 53.3 Å². The molecule has 0 aliphatic rings. The Morgan fingerprint density at radius 2 is 1.59 bits per heavy atom. The lowest BCUT2D eigenvalue weighted by Gasteiger charge is -2.15. The minimum atomic E-state index is -1.12. The highest BCUT2D eigenvalue weighted by Crippen LogP contribution is 2.27. The van der Waals surface area contributed by atoms with Gasteiger partial charge in [-0.1, -0.05) is 32.4 Å². The Bertz CT molecular complexity index is 1060. The van der Waals surface area contributed by atoms with Crippen molar-refractivity contribution in [1.82, 2.24) is 10.6 Å². The van der Waals surface area contributed by atoms with Crippen LogP contribution in [0.25, 0.3) is 0 Å². The van der Waals surface area contributed by atoms with Crippen LogP contribution in [0.3, 0.4) is 0 Å². The van der Waals surface area contributed by atoms with E-state index in [4.69, 9.17) is 25.1 Å². The molecule has 2 rings (SSSR count). The van der Waals surface area contributed by atoms with Gasteiger partial charge in [0.15, 0.2) is 29.0 Å². The molecule has 0 heterocycles. The fourth-order valence-electron chi connectivity index (χ4n) is 3.07. The fourth-order valence-corrected chi connectivity index (χ4v) is 3.07. The summed E-state index contributed by atoms with van der Waals surface area (Å²) in [5.41, 5.74) is 7.25. The van der Waals surface area contributed by atoms with Crippen molar-refractivity contribution in [2.75, 3.05) is 21.3 Å². The van der Waals surface area contributed by atoms with Crippen molar-refractivity contribution in [3.8, 4) is 17.2 Å². The standard InChI is InChI=1S/C17H27N3O3.C9H10FNO3/c1-6-11(2)12(3)19-17(18)20-16(21)10-13-7-8-14(22-4)15(9-13)23-5;1-14-8-4-6(2-3-7(8)10)5-11-9(12)13/h7-9,11-12H,6,10H2,1-5H3,(H3,18,19,20,21);2-4,11H,5H2,1H3,(H,12,13)/t11-,12-;/m1./s1. The second-order valence-corrected chi connectivity index (χ2v) is 8.18. The molecule has 0 bridgehead atoms. The van der Waals surface area contributed by atoms with Crippen molar-refractivity contribution in [1.29, 1.82) is 0 Å². The molecule has 2 amide bonds. The van der Waals surface area contributed by atoms with E-state index in [1.165, 1.54) is 25.3 Å². The van der Waals surface area contributed by atoms with Gasteiger partial charge in [0.2, 0.25) is 5.91 Å². The Hall–Kier alpha value is -4.02. The van der Waals surface area contributed by atoms with E-state index in [0.29, 0.717) is 23.0 Å². The molecule has 0 saturated heterocycles. The molecule has 0 aliphatic heterocycles. The third-order valence-electron chi connectivity index (χ3n) is 5.55. The number of hydrogen-bond donors (Lipinski definition) is 4. The number of carboxylic acid groups (broad SMARTS) is 1. The van der Waals surface area contributed by atoms with Gasteiger partial charge < -0.3 is 30.4 Å². The Morgan fingerprint density at radius 1 is 1.00 bits per heavy atom. The monoisotopic (exact) mass is 520 g/mol. The molecule has 2 atom stereocenters. The van der Waals surface area contributed by atoms with E-state index in [0.717, 1.165) is 12.0 Å². The number of nitrogens with one attached hydrogen (secondary N) is 2. The maximum Gasteiger partial charge on any atom is 0.404 e. The molecule has 0 saturated carbocycles. The number of carbonyl (C=O) groups excluding carboxylic acids is 1. The fraction of sp³-hybridized carbons (Fsp3) is 0.423. The molecule has 10 nitrogen and oxygen atoms in total. The van der Waals surface area contributed by atoms with Gasteiger partial charge in [0.25, 0.3) is 0 Å². The minimum Gasteiger partial charge on any atom is -0.494 e. The van der Waals surface area contributed by atoms with Crippen LogP contribution in [-0.2, 0) is 17.8 Å². The van der Waals surface area contributed by atoms with Crippen LogP contribution < -0.4 is 30.6 Å². The number of aliphatic imine (C=N–C) groups is 1. The van der Waals surface area contributed by atoms with Gasteiger partial charge in [-0.3, -0.25) is 10.1 Å². The maximum atomic E-state index is 12.9. The van der Waals surface area contributed by atoms with Crippen molar-refractivity contribution in [2.24, 2.45) is 16.6 Å². The number of methoxy groups -OCH3 is 3. The highest BCUT2D eigenvalue weighted by atomic mass is 19.1. The van der Waals surface area contributed by atoms with Crippen molar-refractivity contribution in [2.45, 2.75) is 46.2 Å². The second kappa shape index (κ2) is 15.9. The number of guanidine groups is 1. The SMILES string of the molecule is CC[C@@H](C)[C@@H](C)N=C(N)NC(=O)Cc1ccc(OC)c(OC)c1.COc1cc(CNC(=O)O)ccc1F. The van der Waals surface area contributed by atoms with E-state index >= 15 is 0 Å². The zero-order chi connectivity index (χ0) is 28.0. The molecule has 37 heavy (non-hydrogen) atoms. The number of nitrogens with two attached hydrogens (primary N) is 1. The number of nitrogens with zero attached hydrogens (tertiary/aromatic N) is 1. The van der Waals surface area contributed by atoms with Crippen LogP contribution >= 0.6 is 0 Å². The zero-order valence-corrected chi connectivity index (χ0v) is 22.1. The van der Waals surface area contributed by atoms with E-state index in [9.17, 15) is 14.0 Å². The predicted molar refractivity (Wildman–Crippen MR) is 140 cm³/mol. The average molecular weight is 521 g/mol. The van der Waals surface area contributed by atoms with E-state index < -0.39 is 11.9 Å². The Balaban J connectivity index is 0.000000417. The molecule has 2 aromatic rings. The molecular weight excluding hydrogens is 483 g/mol. The number of halogens is 1. The largest absolute Gasteiger partial charge is 0.494 e. The first kappa shape index (κ1) is 31.0. The number of rotatable bonds is 10. The third kappa shape index (κ3) is 11.1. The predicted octanol–water partition coefficient (Wildman–Crippen LogP) is 3.71. The van der Waals surface area contributed by atoms with E-state index in [1.807, 2.05) is 13.0 Å². The van der Waals surface area contributed by atoms with Gasteiger partial charge in [-0.15, -0.1) is 0 Å². The molecule has 2 aromatic carbocycles. The van der Waals surface area contributed by atoms with Gasteiger partial charge in [-0.25, -0.2) is 14.2 Å². The molecule has 204 valence electrons. The first-order valence-corrected chi connectivity index (χ1v) is 11.7. The van der Waals surface area contributed by atoms with Gasteiger partial charge in [-0.2, -0.15) is 0 Å². The highest BCUT2D eigenvalue weighted by molar-refractivity contribution is 5.97. The summed E-state index contributed by atoms with van der Waals surface area (Å²) in [6.45, 7) is 6.32. The lowest BCUT2D eigenvalue weighted by Crippen LogP contribution is -2.39. The topological polar surface area (TPSA) is 144 Å². The molecule has 5 N–H and O–H groups in total. The number of ether oxygens (including phenoxy) is 3. The lowest BCUT2D eigenvalue weighted by atomic mass is 10.0. The molecule has 11 heteroatoms. The summed E-state index contributed by atoms with van der Waals surface area (Å²) in [7, 11) is 4.48. The zero-order valence-electron chi connectivity index (χ0n) is 22.1. The summed E-state index contributed by atoms with van der Waals surface area (Å²) in [6, 6.07) is 9.60. The van der Waals surface area contributed by atoms with E-state index in [-0.39, 0.29) is 36.6 Å². The van der Waals surface area contributed by atoms with Gasteiger partial charge in [-0.05, 0) is 48.2 Å². The van der Waals surface area contributed by atoms with Crippen LogP contribution in [-0.4, -0.2) is 50.4 Å². The summed E-state index contributed by atoms with van der Waals surface area (Å²) in [5, 5.41) is 13.1. The summed E-state index contributed by atoms with van der Waals surface area (Å²) in [5.74, 6) is 1.21. The quantitative estimate of drug-likeness (QED) is 0.276. The van der Waals surface area contributed by atoms with Crippen LogP contribution in [0.15, 0.2) is 41.4 Å². The normalized spacial score (nSPS) is 12.4. The first-order chi connectivity index (χ1) is 17.5. The van der Waals surface area contributed by atoms with Gasteiger partial charge in [0.05, 0.1) is 33.8 Å². The summed E-state index contributed by atoms with van der Waals surface area (Å²) < 4.78 is 28.0. The highest BCUT2D eigenvalue weighted by Gasteiger charge is 2.12. The Morgan fingerprint density at radius 3 is 2.16 bits per heavy atom. The molecule has 0 unspecified atom stereocenters. The van der Waals surface area contributed by atoms with Crippen molar-refractivity contribution < 1.29 is 33.3 Å². The second-order valence-electron chi connectivity index (χ2n) is 8.18. The molecule has 0 spiro atoms. The summed E-state index contributed by atoms with van der Waals surface area (Å²) >= 11 is 0. The van der Waals surface area contributed by atoms with E-state index in [2.05, 4.69) is 29.5 Å². The van der Waals surface area contributed by atoms with Crippen LogP contribution in [0.2, 0.25) is 0 Å². The van der Waals surface area contributed by atoms with Crippen molar-refractivity contribution in [3.63, 3.8) is 0 Å². The van der Waals surface area contributed by atoms with Gasteiger partial charge in [0, 0.05) is 6.54 Å². The number of carbonyl (C=O) groups is 2. The lowest BCUT2D eigenvalue weighted by molar-refractivity contribution is -0.119.